The van der Waals surface area contributed by atoms with E-state index >= 15 is 0 Å². The van der Waals surface area contributed by atoms with Crippen LogP contribution >= 0.6 is 11.6 Å². The van der Waals surface area contributed by atoms with Crippen LogP contribution in [0, 0.1) is 17.8 Å². The van der Waals surface area contributed by atoms with Gasteiger partial charge in [0.2, 0.25) is 11.8 Å². The quantitative estimate of drug-likeness (QED) is 0.113. The summed E-state index contributed by atoms with van der Waals surface area (Å²) >= 11 is 6.13. The topological polar surface area (TPSA) is 188 Å². The predicted octanol–water partition coefficient (Wildman–Crippen LogP) is 6.29. The second-order valence-corrected chi connectivity index (χ2v) is 18.9. The van der Waals surface area contributed by atoms with Crippen LogP contribution in [0.3, 0.4) is 0 Å². The number of rotatable bonds is 20. The maximum absolute atomic E-state index is 14.2. The van der Waals surface area contributed by atoms with Crippen molar-refractivity contribution in [1.82, 2.24) is 10.6 Å². The van der Waals surface area contributed by atoms with E-state index in [1.165, 1.54) is 6.92 Å². The summed E-state index contributed by atoms with van der Waals surface area (Å²) < 4.78 is 40.6. The lowest BCUT2D eigenvalue weighted by atomic mass is 9.86. The molecule has 15 heteroatoms. The molecular formula is C42H57ClN2O11S. The molecule has 314 valence electrons. The van der Waals surface area contributed by atoms with Crippen LogP contribution in [-0.2, 0) is 59.4 Å². The molecule has 0 heterocycles. The van der Waals surface area contributed by atoms with E-state index in [0.717, 1.165) is 11.6 Å². The highest BCUT2D eigenvalue weighted by Crippen LogP contribution is 2.26. The first-order chi connectivity index (χ1) is 26.4. The van der Waals surface area contributed by atoms with Crippen molar-refractivity contribution < 1.29 is 51.4 Å². The van der Waals surface area contributed by atoms with Crippen LogP contribution in [0.25, 0.3) is 0 Å². The van der Waals surface area contributed by atoms with E-state index < -0.39 is 116 Å². The van der Waals surface area contributed by atoms with Crippen molar-refractivity contribution >= 4 is 56.9 Å². The summed E-state index contributed by atoms with van der Waals surface area (Å²) in [6.45, 7) is 14.7. The number of amides is 2. The minimum atomic E-state index is -3.89. The van der Waals surface area contributed by atoms with Crippen LogP contribution in [0.5, 0.6) is 0 Å². The molecule has 0 spiro atoms. The Bertz CT molecular complexity index is 1830. The van der Waals surface area contributed by atoms with Crippen LogP contribution in [0.1, 0.15) is 105 Å². The van der Waals surface area contributed by atoms with Gasteiger partial charge in [0, 0.05) is 12.3 Å². The molecule has 0 saturated heterocycles. The molecule has 0 aliphatic rings. The van der Waals surface area contributed by atoms with Gasteiger partial charge in [-0.3, -0.25) is 28.8 Å². The monoisotopic (exact) mass is 832 g/mol. The Hall–Kier alpha value is -4.56. The molecule has 4 atom stereocenters. The first kappa shape index (κ1) is 48.6. The molecule has 0 unspecified atom stereocenters. The Morgan fingerprint density at radius 3 is 1.74 bits per heavy atom. The first-order valence-corrected chi connectivity index (χ1v) is 20.9. The Morgan fingerprint density at radius 1 is 0.719 bits per heavy atom. The molecule has 13 nitrogen and oxygen atoms in total. The zero-order valence-corrected chi connectivity index (χ0v) is 35.8. The molecule has 2 amide bonds. The molecule has 2 aromatic carbocycles. The van der Waals surface area contributed by atoms with E-state index in [4.69, 9.17) is 25.8 Å². The number of carbonyl (C=O) groups is 6. The number of ether oxygens (including phenoxy) is 3. The third kappa shape index (κ3) is 18.1. The fourth-order valence-electron chi connectivity index (χ4n) is 5.47. The highest BCUT2D eigenvalue weighted by molar-refractivity contribution is 7.96. The average Bonchev–Trinajstić information content (AvgIpc) is 3.10. The van der Waals surface area contributed by atoms with Crippen LogP contribution in [0.2, 0.25) is 0 Å². The van der Waals surface area contributed by atoms with Crippen molar-refractivity contribution in [3.8, 4) is 0 Å². The van der Waals surface area contributed by atoms with E-state index in [2.05, 4.69) is 10.6 Å². The maximum atomic E-state index is 14.2. The number of halogens is 1. The standard InChI is InChI=1S/C42H57ClN2O11S/c1-10-57(52,53)34(43)23-31(24-37(49)56-42(7,8)9)44-40(51)32(27(2)3)25-33(46)38(29-19-15-12-16-20-29)45-39(50)30(22-36(48)55-41(4,5)6)21-35(47)54-26-28-17-13-11-14-18-28/h11-20,23,27,30-32,38H,10,21-22,24-26H2,1-9H3,(H,44,51)(H,45,50)/b34-23+/t30-,31+,32-,38-/m0/s1. The molecule has 0 bridgehead atoms. The number of nitrogens with one attached hydrogen (secondary N) is 2. The molecule has 0 fully saturated rings. The minimum absolute atomic E-state index is 0.0563. The van der Waals surface area contributed by atoms with Gasteiger partial charge < -0.3 is 24.8 Å². The van der Waals surface area contributed by atoms with Gasteiger partial charge in [0.25, 0.3) is 0 Å². The van der Waals surface area contributed by atoms with Gasteiger partial charge >= 0.3 is 17.9 Å². The molecule has 0 radical (unpaired) electrons. The van der Waals surface area contributed by atoms with Gasteiger partial charge in [0.15, 0.2) is 15.6 Å². The molecule has 0 aliphatic heterocycles. The lowest BCUT2D eigenvalue weighted by molar-refractivity contribution is -0.159. The molecule has 2 rings (SSSR count). The molecular weight excluding hydrogens is 776 g/mol. The number of sulfone groups is 1. The number of ketones is 1. The van der Waals surface area contributed by atoms with Crippen LogP contribution in [0.15, 0.2) is 71.1 Å². The Kier molecular flexibility index (Phi) is 18.6. The van der Waals surface area contributed by atoms with Crippen molar-refractivity contribution in [2.24, 2.45) is 17.8 Å². The van der Waals surface area contributed by atoms with Crippen molar-refractivity contribution in [1.29, 1.82) is 0 Å². The summed E-state index contributed by atoms with van der Waals surface area (Å²) in [4.78, 5) is 80.8. The second-order valence-electron chi connectivity index (χ2n) is 16.0. The fourth-order valence-corrected chi connectivity index (χ4v) is 6.59. The second kappa shape index (κ2) is 21.8. The molecule has 57 heavy (non-hydrogen) atoms. The summed E-state index contributed by atoms with van der Waals surface area (Å²) in [5, 5.41) is 5.37. The minimum Gasteiger partial charge on any atom is -0.461 e. The van der Waals surface area contributed by atoms with Crippen LogP contribution in [0.4, 0.5) is 0 Å². The lowest BCUT2D eigenvalue weighted by Gasteiger charge is -2.27. The molecule has 2 N–H and O–H groups in total. The fraction of sp³-hybridized carbons (Fsp3) is 0.524. The molecule has 0 aromatic heterocycles. The summed E-state index contributed by atoms with van der Waals surface area (Å²) in [5.74, 6) is -7.34. The number of hydrogen-bond donors (Lipinski definition) is 2. The predicted molar refractivity (Wildman–Crippen MR) is 216 cm³/mol. The smallest absolute Gasteiger partial charge is 0.308 e. The number of Topliss-reactive ketones (excluding diaryl/α,β-unsaturated/α-hetero) is 1. The van der Waals surface area contributed by atoms with E-state index in [-0.39, 0.29) is 12.4 Å². The molecule has 2 aromatic rings. The highest BCUT2D eigenvalue weighted by Gasteiger charge is 2.35. The molecule has 0 saturated carbocycles. The first-order valence-electron chi connectivity index (χ1n) is 18.8. The third-order valence-electron chi connectivity index (χ3n) is 8.31. The average molecular weight is 833 g/mol. The largest absolute Gasteiger partial charge is 0.461 e. The van der Waals surface area contributed by atoms with Gasteiger partial charge in [-0.2, -0.15) is 0 Å². The van der Waals surface area contributed by atoms with E-state index in [9.17, 15) is 37.2 Å². The zero-order chi connectivity index (χ0) is 43.1. The number of carbonyl (C=O) groups excluding carboxylic acids is 6. The van der Waals surface area contributed by atoms with Crippen molar-refractivity contribution in [3.63, 3.8) is 0 Å². The molecule has 0 aliphatic carbocycles. The summed E-state index contributed by atoms with van der Waals surface area (Å²) in [6, 6.07) is 14.7. The maximum Gasteiger partial charge on any atom is 0.308 e. The van der Waals surface area contributed by atoms with Gasteiger partial charge in [-0.15, -0.1) is 0 Å². The van der Waals surface area contributed by atoms with Crippen molar-refractivity contribution in [2.45, 2.75) is 118 Å². The van der Waals surface area contributed by atoms with Gasteiger partial charge in [-0.1, -0.05) is 93.0 Å². The van der Waals surface area contributed by atoms with Gasteiger partial charge in [-0.05, 0) is 64.7 Å². The Morgan fingerprint density at radius 2 is 1.23 bits per heavy atom. The Balaban J connectivity index is 2.42. The van der Waals surface area contributed by atoms with Crippen LogP contribution in [-0.4, -0.2) is 66.9 Å². The summed E-state index contributed by atoms with van der Waals surface area (Å²) in [6.07, 6.45) is -0.771. The summed E-state index contributed by atoms with van der Waals surface area (Å²) in [7, 11) is -3.89. The van der Waals surface area contributed by atoms with Crippen molar-refractivity contribution in [3.05, 3.63) is 82.2 Å². The highest BCUT2D eigenvalue weighted by atomic mass is 35.5. The zero-order valence-electron chi connectivity index (χ0n) is 34.3. The van der Waals surface area contributed by atoms with E-state index in [0.29, 0.717) is 5.56 Å². The third-order valence-corrected chi connectivity index (χ3v) is 10.6. The van der Waals surface area contributed by atoms with Gasteiger partial charge in [0.1, 0.15) is 28.2 Å². The summed E-state index contributed by atoms with van der Waals surface area (Å²) in [5.41, 5.74) is -0.646. The number of esters is 3. The normalized spacial score (nSPS) is 14.4. The number of benzene rings is 2. The van der Waals surface area contributed by atoms with E-state index in [1.54, 1.807) is 110 Å². The Labute approximate surface area is 341 Å². The van der Waals surface area contributed by atoms with Crippen LogP contribution < -0.4 is 10.6 Å². The van der Waals surface area contributed by atoms with E-state index in [1.807, 2.05) is 6.07 Å². The number of hydrogen-bond acceptors (Lipinski definition) is 11. The van der Waals surface area contributed by atoms with Gasteiger partial charge in [0.05, 0.1) is 37.0 Å². The van der Waals surface area contributed by atoms with Crippen molar-refractivity contribution in [2.75, 3.05) is 5.75 Å². The lowest BCUT2D eigenvalue weighted by Crippen LogP contribution is -2.44. The SMILES string of the molecule is CCS(=O)(=O)/C(Cl)=C/[C@H](CC(=O)OC(C)(C)C)NC(=O)[C@@H](CC(=O)[C@@H](NC(=O)[C@@H](CC(=O)OCc1ccccc1)CC(=O)OC(C)(C)C)c1ccccc1)C(C)C. The van der Waals surface area contributed by atoms with Gasteiger partial charge in [-0.25, -0.2) is 8.42 Å².